The lowest BCUT2D eigenvalue weighted by molar-refractivity contribution is -0.139. The quantitative estimate of drug-likeness (QED) is 0.509. The van der Waals surface area contributed by atoms with Crippen molar-refractivity contribution >= 4 is 17.7 Å². The summed E-state index contributed by atoms with van der Waals surface area (Å²) >= 11 is 1.68. The molecule has 1 spiro atoms. The lowest BCUT2D eigenvalue weighted by Gasteiger charge is -2.47. The van der Waals surface area contributed by atoms with Gasteiger partial charge in [0.05, 0.1) is 25.4 Å². The molecule has 0 aliphatic carbocycles. The molecule has 0 saturated carbocycles. The van der Waals surface area contributed by atoms with Crippen molar-refractivity contribution in [1.29, 1.82) is 0 Å². The summed E-state index contributed by atoms with van der Waals surface area (Å²) < 4.78 is 0. The van der Waals surface area contributed by atoms with Gasteiger partial charge in [-0.1, -0.05) is 0 Å². The third-order valence-corrected chi connectivity index (χ3v) is 4.23. The average Bonchev–Trinajstić information content (AvgIpc) is 2.69. The molecule has 2 heterocycles. The predicted molar refractivity (Wildman–Crippen MR) is 60.4 cm³/mol. The Hall–Kier alpha value is -0.810. The van der Waals surface area contributed by atoms with Crippen molar-refractivity contribution in [3.8, 4) is 0 Å². The average molecular weight is 242 g/mol. The van der Waals surface area contributed by atoms with E-state index in [1.54, 1.807) is 16.7 Å². The van der Waals surface area contributed by atoms with Gasteiger partial charge in [-0.2, -0.15) is 0 Å². The Balaban J connectivity index is 1.86. The monoisotopic (exact) mass is 242 g/mol. The standard InChI is InChI=1S/C9H14N4O2S/c1-11-7-3-16-9(12-7)4-13(5-9)8(15)6(10)2-14/h6-7,12,14H,2-5,10H2/t6-,7-/m0/s1. The number of aliphatic hydroxyl groups is 1. The Kier molecular flexibility index (Phi) is 3.08. The van der Waals surface area contributed by atoms with Gasteiger partial charge in [-0.3, -0.25) is 9.64 Å². The molecular weight excluding hydrogens is 228 g/mol. The van der Waals surface area contributed by atoms with Crippen LogP contribution in [0.15, 0.2) is 0 Å². The summed E-state index contributed by atoms with van der Waals surface area (Å²) in [6.07, 6.45) is -0.145. The molecule has 2 saturated heterocycles. The van der Waals surface area contributed by atoms with Crippen LogP contribution >= 0.6 is 11.8 Å². The van der Waals surface area contributed by atoms with E-state index in [1.165, 1.54) is 0 Å². The van der Waals surface area contributed by atoms with E-state index in [4.69, 9.17) is 17.4 Å². The highest BCUT2D eigenvalue weighted by Gasteiger charge is 2.52. The molecule has 2 atom stereocenters. The van der Waals surface area contributed by atoms with E-state index in [9.17, 15) is 4.79 Å². The number of nitrogens with one attached hydrogen (secondary N) is 1. The molecule has 0 aromatic heterocycles. The van der Waals surface area contributed by atoms with E-state index in [0.29, 0.717) is 13.1 Å². The molecule has 6 nitrogen and oxygen atoms in total. The molecule has 2 fully saturated rings. The van der Waals surface area contributed by atoms with Gasteiger partial charge in [0.15, 0.2) is 0 Å². The molecule has 0 aromatic rings. The van der Waals surface area contributed by atoms with Gasteiger partial charge in [-0.05, 0) is 0 Å². The third kappa shape index (κ3) is 1.89. The van der Waals surface area contributed by atoms with Gasteiger partial charge in [0.25, 0.3) is 6.17 Å². The summed E-state index contributed by atoms with van der Waals surface area (Å²) in [5, 5.41) is 12.0. The maximum absolute atomic E-state index is 11.6. The van der Waals surface area contributed by atoms with Gasteiger partial charge in [0, 0.05) is 0 Å². The van der Waals surface area contributed by atoms with E-state index in [-0.39, 0.29) is 23.6 Å². The van der Waals surface area contributed by atoms with Crippen LogP contribution in [-0.4, -0.2) is 58.4 Å². The number of nitrogens with two attached hydrogens (primary N) is 1. The minimum Gasteiger partial charge on any atom is -0.394 e. The van der Waals surface area contributed by atoms with E-state index in [2.05, 4.69) is 10.2 Å². The van der Waals surface area contributed by atoms with Gasteiger partial charge >= 0.3 is 0 Å². The number of carbonyl (C=O) groups excluding carboxylic acids is 1. The van der Waals surface area contributed by atoms with Crippen molar-refractivity contribution in [3.63, 3.8) is 0 Å². The maximum atomic E-state index is 11.6. The molecule has 0 bridgehead atoms. The fraction of sp³-hybridized carbons (Fsp3) is 0.778. The van der Waals surface area contributed by atoms with Gasteiger partial charge < -0.3 is 15.7 Å². The van der Waals surface area contributed by atoms with E-state index in [1.807, 2.05) is 0 Å². The van der Waals surface area contributed by atoms with Crippen molar-refractivity contribution in [2.24, 2.45) is 5.73 Å². The van der Waals surface area contributed by atoms with Crippen LogP contribution in [0.2, 0.25) is 0 Å². The summed E-state index contributed by atoms with van der Waals surface area (Å²) in [7, 11) is 0. The minimum absolute atomic E-state index is 0.145. The summed E-state index contributed by atoms with van der Waals surface area (Å²) in [5.74, 6) is 0.541. The molecular formula is C9H14N4O2S. The first kappa shape index (κ1) is 11.7. The number of hydrogen-bond acceptors (Lipinski definition) is 5. The largest absolute Gasteiger partial charge is 0.394 e. The fourth-order valence-electron chi connectivity index (χ4n) is 1.92. The first-order valence-electron chi connectivity index (χ1n) is 5.04. The van der Waals surface area contributed by atoms with Crippen molar-refractivity contribution in [3.05, 3.63) is 11.4 Å². The summed E-state index contributed by atoms with van der Waals surface area (Å²) in [6, 6.07) is -0.819. The lowest BCUT2D eigenvalue weighted by atomic mass is 10.1. The predicted octanol–water partition coefficient (Wildman–Crippen LogP) is -1.57. The van der Waals surface area contributed by atoms with Crippen LogP contribution < -0.4 is 11.1 Å². The second-order valence-electron chi connectivity index (χ2n) is 4.08. The van der Waals surface area contributed by atoms with Crippen LogP contribution in [0.25, 0.3) is 4.85 Å². The second kappa shape index (κ2) is 4.22. The molecule has 2 aliphatic heterocycles. The van der Waals surface area contributed by atoms with Gasteiger partial charge in [-0.15, -0.1) is 11.8 Å². The third-order valence-electron chi connectivity index (χ3n) is 2.82. The Labute approximate surface area is 98.0 Å². The zero-order valence-electron chi connectivity index (χ0n) is 8.72. The zero-order chi connectivity index (χ0) is 11.8. The zero-order valence-corrected chi connectivity index (χ0v) is 9.54. The molecule has 0 radical (unpaired) electrons. The molecule has 0 aromatic carbocycles. The van der Waals surface area contributed by atoms with Crippen molar-refractivity contribution in [2.45, 2.75) is 17.1 Å². The number of thioether (sulfide) groups is 1. The van der Waals surface area contributed by atoms with E-state index in [0.717, 1.165) is 5.75 Å². The van der Waals surface area contributed by atoms with Crippen molar-refractivity contribution in [2.75, 3.05) is 25.4 Å². The Morgan fingerprint density at radius 1 is 1.81 bits per heavy atom. The molecule has 1 amide bonds. The number of likely N-dealkylation sites (tertiary alicyclic amines) is 1. The fourth-order valence-corrected chi connectivity index (χ4v) is 3.26. The smallest absolute Gasteiger partial charge is 0.287 e. The summed E-state index contributed by atoms with van der Waals surface area (Å²) in [5.41, 5.74) is 5.45. The van der Waals surface area contributed by atoms with E-state index >= 15 is 0 Å². The molecule has 88 valence electrons. The van der Waals surface area contributed by atoms with Crippen molar-refractivity contribution in [1.82, 2.24) is 10.2 Å². The normalized spacial score (nSPS) is 28.6. The van der Waals surface area contributed by atoms with Crippen molar-refractivity contribution < 1.29 is 9.90 Å². The molecule has 2 rings (SSSR count). The Morgan fingerprint density at radius 3 is 3.00 bits per heavy atom. The maximum Gasteiger partial charge on any atom is 0.287 e. The topological polar surface area (TPSA) is 83.0 Å². The first-order chi connectivity index (χ1) is 7.60. The summed E-state index contributed by atoms with van der Waals surface area (Å²) in [6.45, 7) is 7.73. The number of rotatable bonds is 2. The SMILES string of the molecule is [C-]#[N+][C@@H]1CSC2(CN(C(=O)[C@@H](N)CO)C2)N1. The molecule has 4 N–H and O–H groups in total. The van der Waals surface area contributed by atoms with Crippen LogP contribution in [-0.2, 0) is 4.79 Å². The number of carbonyl (C=O) groups is 1. The van der Waals surface area contributed by atoms with Crippen LogP contribution in [0.4, 0.5) is 0 Å². The second-order valence-corrected chi connectivity index (χ2v) is 5.48. The van der Waals surface area contributed by atoms with E-state index < -0.39 is 6.04 Å². The highest BCUT2D eigenvalue weighted by molar-refractivity contribution is 8.01. The van der Waals surface area contributed by atoms with Gasteiger partial charge in [0.2, 0.25) is 5.91 Å². The summed E-state index contributed by atoms with van der Waals surface area (Å²) in [4.78, 5) is 16.5. The number of aliphatic hydroxyl groups excluding tert-OH is 1. The molecule has 7 heteroatoms. The van der Waals surface area contributed by atoms with Crippen LogP contribution in [0, 0.1) is 6.57 Å². The first-order valence-corrected chi connectivity index (χ1v) is 6.02. The Morgan fingerprint density at radius 2 is 2.50 bits per heavy atom. The lowest BCUT2D eigenvalue weighted by Crippen LogP contribution is -2.69. The Bertz CT molecular complexity index is 337. The van der Waals surface area contributed by atoms with Crippen LogP contribution in [0.5, 0.6) is 0 Å². The highest BCUT2D eigenvalue weighted by atomic mass is 32.2. The molecule has 16 heavy (non-hydrogen) atoms. The molecule has 0 unspecified atom stereocenters. The van der Waals surface area contributed by atoms with Gasteiger partial charge in [0.1, 0.15) is 10.9 Å². The van der Waals surface area contributed by atoms with Crippen LogP contribution in [0.3, 0.4) is 0 Å². The minimum atomic E-state index is -0.819. The number of hydrogen-bond donors (Lipinski definition) is 3. The van der Waals surface area contributed by atoms with Gasteiger partial charge in [-0.25, -0.2) is 11.9 Å². The molecule has 2 aliphatic rings. The number of nitrogens with zero attached hydrogens (tertiary/aromatic N) is 2. The number of amides is 1. The van der Waals surface area contributed by atoms with Crippen LogP contribution in [0.1, 0.15) is 0 Å². The highest BCUT2D eigenvalue weighted by Crippen LogP contribution is 2.38.